The standard InChI is InChI=1S/C16H17BrO3/c1-12(18)15-7-2-3-8-16(15)20-10-9-19-14-6-4-5-13(17)11-14/h2-8,11-12,18H,9-10H2,1H3/t12-/m0/s1. The quantitative estimate of drug-likeness (QED) is 0.811. The molecule has 1 atom stereocenters. The van der Waals surface area contributed by atoms with Crippen molar-refractivity contribution in [2.45, 2.75) is 13.0 Å². The third-order valence-electron chi connectivity index (χ3n) is 2.77. The third-order valence-corrected chi connectivity index (χ3v) is 3.27. The van der Waals surface area contributed by atoms with E-state index in [2.05, 4.69) is 15.9 Å². The molecule has 0 aliphatic carbocycles. The van der Waals surface area contributed by atoms with E-state index in [9.17, 15) is 5.11 Å². The van der Waals surface area contributed by atoms with E-state index < -0.39 is 6.10 Å². The lowest BCUT2D eigenvalue weighted by Crippen LogP contribution is -2.10. The Morgan fingerprint density at radius 2 is 1.80 bits per heavy atom. The van der Waals surface area contributed by atoms with Gasteiger partial charge in [-0.05, 0) is 31.2 Å². The van der Waals surface area contributed by atoms with Crippen molar-refractivity contribution in [3.63, 3.8) is 0 Å². The number of halogens is 1. The first-order valence-electron chi connectivity index (χ1n) is 6.45. The number of aliphatic hydroxyl groups is 1. The Morgan fingerprint density at radius 1 is 1.05 bits per heavy atom. The minimum absolute atomic E-state index is 0.427. The van der Waals surface area contributed by atoms with Crippen LogP contribution in [0.15, 0.2) is 53.0 Å². The lowest BCUT2D eigenvalue weighted by atomic mass is 10.1. The van der Waals surface area contributed by atoms with Crippen LogP contribution in [-0.4, -0.2) is 18.3 Å². The number of rotatable bonds is 6. The normalized spacial score (nSPS) is 11.9. The van der Waals surface area contributed by atoms with Crippen molar-refractivity contribution in [2.24, 2.45) is 0 Å². The molecule has 0 spiro atoms. The largest absolute Gasteiger partial charge is 0.490 e. The van der Waals surface area contributed by atoms with Crippen molar-refractivity contribution >= 4 is 15.9 Å². The van der Waals surface area contributed by atoms with Crippen molar-refractivity contribution in [3.8, 4) is 11.5 Å². The predicted molar refractivity (Wildman–Crippen MR) is 82.2 cm³/mol. The van der Waals surface area contributed by atoms with Gasteiger partial charge in [0.25, 0.3) is 0 Å². The summed E-state index contributed by atoms with van der Waals surface area (Å²) in [5, 5.41) is 9.65. The van der Waals surface area contributed by atoms with E-state index >= 15 is 0 Å². The summed E-state index contributed by atoms with van der Waals surface area (Å²) in [6.07, 6.45) is -0.544. The van der Waals surface area contributed by atoms with Gasteiger partial charge in [0, 0.05) is 10.0 Å². The molecule has 0 saturated heterocycles. The maximum Gasteiger partial charge on any atom is 0.125 e. The maximum atomic E-state index is 9.65. The Balaban J connectivity index is 1.84. The number of aliphatic hydroxyl groups excluding tert-OH is 1. The van der Waals surface area contributed by atoms with E-state index in [1.54, 1.807) is 6.92 Å². The molecular formula is C16H17BrO3. The minimum Gasteiger partial charge on any atom is -0.490 e. The minimum atomic E-state index is -0.544. The zero-order valence-electron chi connectivity index (χ0n) is 11.3. The number of benzene rings is 2. The van der Waals surface area contributed by atoms with Crippen LogP contribution in [0.3, 0.4) is 0 Å². The SMILES string of the molecule is C[C@H](O)c1ccccc1OCCOc1cccc(Br)c1. The van der Waals surface area contributed by atoms with E-state index in [0.717, 1.165) is 15.8 Å². The Morgan fingerprint density at radius 3 is 2.55 bits per heavy atom. The summed E-state index contributed by atoms with van der Waals surface area (Å²) in [4.78, 5) is 0. The molecule has 106 valence electrons. The lowest BCUT2D eigenvalue weighted by Gasteiger charge is -2.13. The molecule has 1 N–H and O–H groups in total. The maximum absolute atomic E-state index is 9.65. The number of hydrogen-bond donors (Lipinski definition) is 1. The first-order valence-corrected chi connectivity index (χ1v) is 7.24. The average molecular weight is 337 g/mol. The fourth-order valence-electron chi connectivity index (χ4n) is 1.83. The molecule has 2 rings (SSSR count). The van der Waals surface area contributed by atoms with Gasteiger partial charge in [0.2, 0.25) is 0 Å². The van der Waals surface area contributed by atoms with E-state index in [-0.39, 0.29) is 0 Å². The van der Waals surface area contributed by atoms with Crippen molar-refractivity contribution in [1.29, 1.82) is 0 Å². The summed E-state index contributed by atoms with van der Waals surface area (Å²) in [6.45, 7) is 2.60. The molecule has 0 bridgehead atoms. The highest BCUT2D eigenvalue weighted by atomic mass is 79.9. The van der Waals surface area contributed by atoms with Crippen LogP contribution in [-0.2, 0) is 0 Å². The van der Waals surface area contributed by atoms with Crippen molar-refractivity contribution < 1.29 is 14.6 Å². The van der Waals surface area contributed by atoms with E-state index in [1.807, 2.05) is 48.5 Å². The van der Waals surface area contributed by atoms with Gasteiger partial charge in [-0.25, -0.2) is 0 Å². The molecule has 20 heavy (non-hydrogen) atoms. The summed E-state index contributed by atoms with van der Waals surface area (Å²) < 4.78 is 12.2. The van der Waals surface area contributed by atoms with Crippen LogP contribution in [0.5, 0.6) is 11.5 Å². The molecule has 0 aliphatic heterocycles. The lowest BCUT2D eigenvalue weighted by molar-refractivity contribution is 0.182. The van der Waals surface area contributed by atoms with Gasteiger partial charge in [-0.2, -0.15) is 0 Å². The molecule has 0 heterocycles. The number of hydrogen-bond acceptors (Lipinski definition) is 3. The first-order chi connectivity index (χ1) is 9.66. The zero-order valence-corrected chi connectivity index (χ0v) is 12.8. The highest BCUT2D eigenvalue weighted by Gasteiger charge is 2.07. The van der Waals surface area contributed by atoms with E-state index in [1.165, 1.54) is 0 Å². The molecule has 0 aliphatic rings. The third kappa shape index (κ3) is 4.25. The summed E-state index contributed by atoms with van der Waals surface area (Å²) in [5.74, 6) is 1.49. The van der Waals surface area contributed by atoms with Crippen LogP contribution in [0.4, 0.5) is 0 Å². The summed E-state index contributed by atoms with van der Waals surface area (Å²) in [7, 11) is 0. The second kappa shape index (κ2) is 7.31. The smallest absolute Gasteiger partial charge is 0.125 e. The Kier molecular flexibility index (Phi) is 5.44. The monoisotopic (exact) mass is 336 g/mol. The highest BCUT2D eigenvalue weighted by molar-refractivity contribution is 9.10. The summed E-state index contributed by atoms with van der Waals surface area (Å²) in [6, 6.07) is 15.1. The van der Waals surface area contributed by atoms with Gasteiger partial charge in [0.15, 0.2) is 0 Å². The Labute approximate surface area is 127 Å². The molecule has 3 nitrogen and oxygen atoms in total. The molecule has 2 aromatic rings. The van der Waals surface area contributed by atoms with Crippen molar-refractivity contribution in [2.75, 3.05) is 13.2 Å². The second-order valence-corrected chi connectivity index (χ2v) is 5.28. The van der Waals surface area contributed by atoms with Gasteiger partial charge in [0.1, 0.15) is 24.7 Å². The Hall–Kier alpha value is -1.52. The summed E-state index contributed by atoms with van der Waals surface area (Å²) in [5.41, 5.74) is 0.787. The number of ether oxygens (including phenoxy) is 2. The number of para-hydroxylation sites is 1. The summed E-state index contributed by atoms with van der Waals surface area (Å²) >= 11 is 3.39. The second-order valence-electron chi connectivity index (χ2n) is 4.37. The van der Waals surface area contributed by atoms with Gasteiger partial charge in [0.05, 0.1) is 6.10 Å². The van der Waals surface area contributed by atoms with Crippen LogP contribution >= 0.6 is 15.9 Å². The van der Waals surface area contributed by atoms with Crippen LogP contribution in [0.25, 0.3) is 0 Å². The van der Waals surface area contributed by atoms with Gasteiger partial charge >= 0.3 is 0 Å². The first kappa shape index (κ1) is 14.9. The Bertz CT molecular complexity index is 555. The average Bonchev–Trinajstić information content (AvgIpc) is 2.44. The molecule has 0 unspecified atom stereocenters. The molecule has 0 fully saturated rings. The fourth-order valence-corrected chi connectivity index (χ4v) is 2.20. The van der Waals surface area contributed by atoms with Crippen LogP contribution in [0, 0.1) is 0 Å². The highest BCUT2D eigenvalue weighted by Crippen LogP contribution is 2.24. The van der Waals surface area contributed by atoms with Gasteiger partial charge in [-0.15, -0.1) is 0 Å². The van der Waals surface area contributed by atoms with Gasteiger partial charge in [-0.3, -0.25) is 0 Å². The van der Waals surface area contributed by atoms with Crippen molar-refractivity contribution in [3.05, 3.63) is 58.6 Å². The van der Waals surface area contributed by atoms with E-state index in [0.29, 0.717) is 19.0 Å². The topological polar surface area (TPSA) is 38.7 Å². The molecule has 0 amide bonds. The van der Waals surface area contributed by atoms with Crippen LogP contribution in [0.2, 0.25) is 0 Å². The fraction of sp³-hybridized carbons (Fsp3) is 0.250. The molecule has 4 heteroatoms. The molecule has 0 radical (unpaired) electrons. The molecule has 0 aromatic heterocycles. The van der Waals surface area contributed by atoms with Crippen LogP contribution < -0.4 is 9.47 Å². The van der Waals surface area contributed by atoms with Gasteiger partial charge in [-0.1, -0.05) is 40.2 Å². The van der Waals surface area contributed by atoms with Crippen LogP contribution in [0.1, 0.15) is 18.6 Å². The van der Waals surface area contributed by atoms with Crippen molar-refractivity contribution in [1.82, 2.24) is 0 Å². The molecule has 0 saturated carbocycles. The zero-order chi connectivity index (χ0) is 14.4. The molecule has 2 aromatic carbocycles. The molecular weight excluding hydrogens is 320 g/mol. The predicted octanol–water partition coefficient (Wildman–Crippen LogP) is 3.96. The van der Waals surface area contributed by atoms with Gasteiger partial charge < -0.3 is 14.6 Å². The van der Waals surface area contributed by atoms with E-state index in [4.69, 9.17) is 9.47 Å².